The van der Waals surface area contributed by atoms with Crippen molar-refractivity contribution in [2.75, 3.05) is 47.9 Å². The van der Waals surface area contributed by atoms with Gasteiger partial charge in [0.25, 0.3) is 5.91 Å². The third kappa shape index (κ3) is 6.78. The Bertz CT molecular complexity index is 839. The number of ether oxygens (including phenoxy) is 1. The van der Waals surface area contributed by atoms with Gasteiger partial charge in [0.15, 0.2) is 17.5 Å². The molecule has 2 rings (SSSR count). The average Bonchev–Trinajstić information content (AvgIpc) is 2.72. The first-order chi connectivity index (χ1) is 13.9. The number of carbonyl (C=O) groups is 1. The Morgan fingerprint density at radius 2 is 1.90 bits per heavy atom. The second-order valence-electron chi connectivity index (χ2n) is 6.82. The normalized spacial score (nSPS) is 11.1. The molecule has 2 aromatic rings. The molecule has 7 heteroatoms. The maximum Gasteiger partial charge on any atom is 0.253 e. The fraction of sp³-hybridized carbons (Fsp3) is 0.364. The van der Waals surface area contributed by atoms with Gasteiger partial charge in [-0.05, 0) is 36.2 Å². The molecule has 0 aromatic heterocycles. The van der Waals surface area contributed by atoms with Gasteiger partial charge in [-0.1, -0.05) is 24.3 Å². The molecule has 0 atom stereocenters. The van der Waals surface area contributed by atoms with Crippen LogP contribution in [-0.2, 0) is 6.42 Å². The van der Waals surface area contributed by atoms with Gasteiger partial charge in [0.1, 0.15) is 6.61 Å². The van der Waals surface area contributed by atoms with Crippen molar-refractivity contribution in [2.45, 2.75) is 6.42 Å². The van der Waals surface area contributed by atoms with E-state index in [-0.39, 0.29) is 17.5 Å². The Labute approximate surface area is 172 Å². The number of para-hydroxylation sites is 1. The molecule has 0 saturated carbocycles. The van der Waals surface area contributed by atoms with E-state index in [1.54, 1.807) is 44.2 Å². The highest BCUT2D eigenvalue weighted by atomic mass is 19.1. The van der Waals surface area contributed by atoms with Crippen LogP contribution in [0.15, 0.2) is 53.5 Å². The van der Waals surface area contributed by atoms with Crippen molar-refractivity contribution in [1.29, 1.82) is 0 Å². The molecule has 2 aromatic carbocycles. The molecule has 0 aliphatic rings. The second-order valence-corrected chi connectivity index (χ2v) is 6.82. The van der Waals surface area contributed by atoms with Crippen LogP contribution in [0.4, 0.5) is 4.39 Å². The van der Waals surface area contributed by atoms with E-state index in [4.69, 9.17) is 4.74 Å². The van der Waals surface area contributed by atoms with Crippen molar-refractivity contribution >= 4 is 11.9 Å². The van der Waals surface area contributed by atoms with Crippen LogP contribution in [0.3, 0.4) is 0 Å². The van der Waals surface area contributed by atoms with Crippen LogP contribution in [0, 0.1) is 5.82 Å². The first kappa shape index (κ1) is 22.2. The van der Waals surface area contributed by atoms with Crippen molar-refractivity contribution in [2.24, 2.45) is 4.99 Å². The van der Waals surface area contributed by atoms with Crippen LogP contribution in [-0.4, -0.2) is 69.6 Å². The van der Waals surface area contributed by atoms with Crippen molar-refractivity contribution in [1.82, 2.24) is 15.1 Å². The van der Waals surface area contributed by atoms with Gasteiger partial charge < -0.3 is 19.9 Å². The fourth-order valence-electron chi connectivity index (χ4n) is 2.78. The molecule has 0 radical (unpaired) electrons. The van der Waals surface area contributed by atoms with Gasteiger partial charge in [-0.25, -0.2) is 4.39 Å². The number of guanidine groups is 1. The number of hydrogen-bond acceptors (Lipinski definition) is 3. The molecule has 0 bridgehead atoms. The molecule has 1 amide bonds. The summed E-state index contributed by atoms with van der Waals surface area (Å²) in [6, 6.07) is 14.0. The minimum absolute atomic E-state index is 0.00907. The lowest BCUT2D eigenvalue weighted by molar-refractivity contribution is 0.0827. The quantitative estimate of drug-likeness (QED) is 0.547. The number of rotatable bonds is 8. The van der Waals surface area contributed by atoms with Crippen LogP contribution in [0.25, 0.3) is 0 Å². The molecule has 29 heavy (non-hydrogen) atoms. The standard InChI is InChI=1S/C22H29FN4O2/c1-24-22(27(4)14-15-29-20-11-6-5-10-19(20)23)25-13-12-17-8-7-9-18(16-17)21(28)26(2)3/h5-11,16H,12-15H2,1-4H3,(H,24,25). The highest BCUT2D eigenvalue weighted by molar-refractivity contribution is 5.94. The van der Waals surface area contributed by atoms with E-state index in [1.807, 2.05) is 36.2 Å². The summed E-state index contributed by atoms with van der Waals surface area (Å²) in [7, 11) is 7.10. The van der Waals surface area contributed by atoms with Crippen molar-refractivity contribution in [3.05, 3.63) is 65.5 Å². The molecule has 156 valence electrons. The second kappa shape index (κ2) is 11.0. The van der Waals surface area contributed by atoms with E-state index in [2.05, 4.69) is 10.3 Å². The molecule has 1 N–H and O–H groups in total. The van der Waals surface area contributed by atoms with Crippen molar-refractivity contribution in [3.63, 3.8) is 0 Å². The lowest BCUT2D eigenvalue weighted by atomic mass is 10.1. The number of nitrogens with one attached hydrogen (secondary N) is 1. The first-order valence-electron chi connectivity index (χ1n) is 9.52. The summed E-state index contributed by atoms with van der Waals surface area (Å²) in [5.74, 6) is 0.594. The summed E-state index contributed by atoms with van der Waals surface area (Å²) < 4.78 is 19.1. The maximum absolute atomic E-state index is 13.6. The largest absolute Gasteiger partial charge is 0.489 e. The highest BCUT2D eigenvalue weighted by Crippen LogP contribution is 2.15. The van der Waals surface area contributed by atoms with Gasteiger partial charge in [-0.15, -0.1) is 0 Å². The lowest BCUT2D eigenvalue weighted by Gasteiger charge is -2.22. The Morgan fingerprint density at radius 3 is 2.59 bits per heavy atom. The topological polar surface area (TPSA) is 57.2 Å². The lowest BCUT2D eigenvalue weighted by Crippen LogP contribution is -2.41. The number of hydrogen-bond donors (Lipinski definition) is 1. The SMILES string of the molecule is CN=C(NCCc1cccc(C(=O)N(C)C)c1)N(C)CCOc1ccccc1F. The number of benzene rings is 2. The Balaban J connectivity index is 1.80. The zero-order valence-corrected chi connectivity index (χ0v) is 17.5. The van der Waals surface area contributed by atoms with Crippen molar-refractivity contribution < 1.29 is 13.9 Å². The van der Waals surface area contributed by atoms with Gasteiger partial charge in [0.2, 0.25) is 0 Å². The average molecular weight is 400 g/mol. The van der Waals surface area contributed by atoms with Gasteiger partial charge in [0, 0.05) is 40.3 Å². The van der Waals surface area contributed by atoms with E-state index in [1.165, 1.54) is 6.07 Å². The zero-order valence-electron chi connectivity index (χ0n) is 17.5. The predicted molar refractivity (Wildman–Crippen MR) is 114 cm³/mol. The number of nitrogens with zero attached hydrogens (tertiary/aromatic N) is 3. The van der Waals surface area contributed by atoms with E-state index in [0.717, 1.165) is 17.9 Å². The van der Waals surface area contributed by atoms with Crippen LogP contribution in [0.1, 0.15) is 15.9 Å². The van der Waals surface area contributed by atoms with Gasteiger partial charge in [0.05, 0.1) is 6.54 Å². The van der Waals surface area contributed by atoms with E-state index >= 15 is 0 Å². The Hall–Kier alpha value is -3.09. The fourth-order valence-corrected chi connectivity index (χ4v) is 2.78. The molecule has 0 heterocycles. The van der Waals surface area contributed by atoms with Crippen molar-refractivity contribution in [3.8, 4) is 5.75 Å². The minimum atomic E-state index is -0.368. The van der Waals surface area contributed by atoms with Crippen LogP contribution < -0.4 is 10.1 Å². The molecular formula is C22H29FN4O2. The smallest absolute Gasteiger partial charge is 0.253 e. The van der Waals surface area contributed by atoms with Gasteiger partial charge >= 0.3 is 0 Å². The van der Waals surface area contributed by atoms with E-state index < -0.39 is 0 Å². The number of halogens is 1. The monoisotopic (exact) mass is 400 g/mol. The minimum Gasteiger partial charge on any atom is -0.489 e. The predicted octanol–water partition coefficient (Wildman–Crippen LogP) is 2.66. The van der Waals surface area contributed by atoms with Crippen LogP contribution >= 0.6 is 0 Å². The molecule has 6 nitrogen and oxygen atoms in total. The molecule has 0 saturated heterocycles. The highest BCUT2D eigenvalue weighted by Gasteiger charge is 2.09. The molecule has 0 fully saturated rings. The maximum atomic E-state index is 13.6. The zero-order chi connectivity index (χ0) is 21.2. The third-order valence-corrected chi connectivity index (χ3v) is 4.37. The number of aliphatic imine (C=N–C) groups is 1. The summed E-state index contributed by atoms with van der Waals surface area (Å²) in [5, 5.41) is 3.30. The molecule has 0 spiro atoms. The van der Waals surface area contributed by atoms with Gasteiger partial charge in [-0.2, -0.15) is 0 Å². The summed E-state index contributed by atoms with van der Waals surface area (Å²) >= 11 is 0. The molecular weight excluding hydrogens is 371 g/mol. The van der Waals surface area contributed by atoms with Gasteiger partial charge in [-0.3, -0.25) is 9.79 Å². The first-order valence-corrected chi connectivity index (χ1v) is 9.52. The summed E-state index contributed by atoms with van der Waals surface area (Å²) in [4.78, 5) is 19.9. The third-order valence-electron chi connectivity index (χ3n) is 4.37. The number of likely N-dealkylation sites (N-methyl/N-ethyl adjacent to an activating group) is 1. The van der Waals surface area contributed by atoms with E-state index in [9.17, 15) is 9.18 Å². The van der Waals surface area contributed by atoms with E-state index in [0.29, 0.717) is 25.3 Å². The Morgan fingerprint density at radius 1 is 1.14 bits per heavy atom. The molecule has 0 unspecified atom stereocenters. The van der Waals surface area contributed by atoms with Crippen LogP contribution in [0.2, 0.25) is 0 Å². The van der Waals surface area contributed by atoms with Crippen LogP contribution in [0.5, 0.6) is 5.75 Å². The summed E-state index contributed by atoms with van der Waals surface area (Å²) in [6.45, 7) is 1.57. The number of amides is 1. The summed E-state index contributed by atoms with van der Waals surface area (Å²) in [6.07, 6.45) is 0.757. The molecule has 0 aliphatic heterocycles. The summed E-state index contributed by atoms with van der Waals surface area (Å²) in [5.41, 5.74) is 1.76. The molecule has 0 aliphatic carbocycles. The number of carbonyl (C=O) groups excluding carboxylic acids is 1. The Kier molecular flexibility index (Phi) is 8.45.